The van der Waals surface area contributed by atoms with E-state index in [1.165, 1.54) is 11.5 Å². The Hall–Kier alpha value is -0.410. The fourth-order valence-corrected chi connectivity index (χ4v) is 1.05. The molecule has 0 bridgehead atoms. The molecule has 2 nitrogen and oxygen atoms in total. The molecule has 1 heterocycles. The third-order valence-electron chi connectivity index (χ3n) is 0.884. The summed E-state index contributed by atoms with van der Waals surface area (Å²) in [6.07, 6.45) is 2.51. The molecular formula is C5H7NOS. The van der Waals surface area contributed by atoms with Crippen molar-refractivity contribution >= 4 is 11.5 Å². The second-order valence-corrected chi connectivity index (χ2v) is 2.16. The van der Waals surface area contributed by atoms with Crippen LogP contribution in [-0.2, 0) is 6.42 Å². The van der Waals surface area contributed by atoms with E-state index in [-0.39, 0.29) is 6.61 Å². The summed E-state index contributed by atoms with van der Waals surface area (Å²) in [7, 11) is 0. The van der Waals surface area contributed by atoms with E-state index >= 15 is 0 Å². The Morgan fingerprint density at radius 1 is 1.75 bits per heavy atom. The summed E-state index contributed by atoms with van der Waals surface area (Å²) in [5, 5.41) is 10.4. The van der Waals surface area contributed by atoms with Gasteiger partial charge in [-0.15, -0.1) is 0 Å². The van der Waals surface area contributed by atoms with Crippen LogP contribution in [0, 0.1) is 0 Å². The first-order valence-electron chi connectivity index (χ1n) is 2.42. The Kier molecular flexibility index (Phi) is 2.00. The fraction of sp³-hybridized carbons (Fsp3) is 0.400. The fourth-order valence-electron chi connectivity index (χ4n) is 0.479. The van der Waals surface area contributed by atoms with Gasteiger partial charge in [0.2, 0.25) is 0 Å². The lowest BCUT2D eigenvalue weighted by Crippen LogP contribution is -1.85. The van der Waals surface area contributed by atoms with E-state index in [4.69, 9.17) is 5.11 Å². The molecule has 1 aromatic heterocycles. The van der Waals surface area contributed by atoms with Gasteiger partial charge in [-0.1, -0.05) is 0 Å². The third kappa shape index (κ3) is 1.28. The summed E-state index contributed by atoms with van der Waals surface area (Å²) < 4.78 is 3.87. The second-order valence-electron chi connectivity index (χ2n) is 1.51. The topological polar surface area (TPSA) is 33.1 Å². The predicted octanol–water partition coefficient (Wildman–Crippen LogP) is 0.678. The molecule has 0 spiro atoms. The largest absolute Gasteiger partial charge is 0.396 e. The van der Waals surface area contributed by atoms with Gasteiger partial charge in [-0.2, -0.15) is 0 Å². The first kappa shape index (κ1) is 5.72. The van der Waals surface area contributed by atoms with E-state index in [0.717, 1.165) is 12.0 Å². The predicted molar refractivity (Wildman–Crippen MR) is 32.9 cm³/mol. The number of aliphatic hydroxyl groups is 1. The van der Waals surface area contributed by atoms with Crippen LogP contribution in [0.15, 0.2) is 11.6 Å². The van der Waals surface area contributed by atoms with Crippen molar-refractivity contribution in [2.45, 2.75) is 6.42 Å². The van der Waals surface area contributed by atoms with E-state index in [1.807, 2.05) is 5.38 Å². The molecule has 0 fully saturated rings. The van der Waals surface area contributed by atoms with Crippen LogP contribution in [0.1, 0.15) is 5.56 Å². The summed E-state index contributed by atoms with van der Waals surface area (Å²) in [5.74, 6) is 0. The van der Waals surface area contributed by atoms with Gasteiger partial charge >= 0.3 is 0 Å². The smallest absolute Gasteiger partial charge is 0.0472 e. The summed E-state index contributed by atoms with van der Waals surface area (Å²) >= 11 is 1.42. The Balaban J connectivity index is 2.50. The van der Waals surface area contributed by atoms with Crippen molar-refractivity contribution in [1.29, 1.82) is 0 Å². The molecule has 0 amide bonds. The molecule has 3 heteroatoms. The van der Waals surface area contributed by atoms with Crippen LogP contribution in [0.3, 0.4) is 0 Å². The Morgan fingerprint density at radius 3 is 3.12 bits per heavy atom. The highest BCUT2D eigenvalue weighted by molar-refractivity contribution is 7.03. The van der Waals surface area contributed by atoms with Gasteiger partial charge in [-0.25, -0.2) is 4.37 Å². The van der Waals surface area contributed by atoms with Gasteiger partial charge in [0.1, 0.15) is 0 Å². The van der Waals surface area contributed by atoms with E-state index in [0.29, 0.717) is 0 Å². The number of aromatic nitrogens is 1. The van der Waals surface area contributed by atoms with E-state index in [1.54, 1.807) is 6.20 Å². The molecule has 0 saturated carbocycles. The Bertz CT molecular complexity index is 138. The zero-order chi connectivity index (χ0) is 5.82. The molecule has 0 atom stereocenters. The van der Waals surface area contributed by atoms with Crippen molar-refractivity contribution in [3.05, 3.63) is 17.1 Å². The monoisotopic (exact) mass is 129 g/mol. The summed E-state index contributed by atoms with van der Waals surface area (Å²) in [4.78, 5) is 0. The maximum atomic E-state index is 8.41. The normalized spacial score (nSPS) is 9.62. The Morgan fingerprint density at radius 2 is 2.62 bits per heavy atom. The first-order chi connectivity index (χ1) is 3.93. The SMILES string of the molecule is OCCc1cnsc1. The van der Waals surface area contributed by atoms with E-state index in [2.05, 4.69) is 4.37 Å². The van der Waals surface area contributed by atoms with Crippen molar-refractivity contribution in [2.24, 2.45) is 0 Å². The summed E-state index contributed by atoms with van der Waals surface area (Å²) in [6, 6.07) is 0. The minimum absolute atomic E-state index is 0.221. The standard InChI is InChI=1S/C5H7NOS/c7-2-1-5-3-6-8-4-5/h3-4,7H,1-2H2. The zero-order valence-electron chi connectivity index (χ0n) is 4.37. The van der Waals surface area contributed by atoms with Crippen LogP contribution in [0.2, 0.25) is 0 Å². The van der Waals surface area contributed by atoms with Crippen molar-refractivity contribution in [2.75, 3.05) is 6.61 Å². The number of aliphatic hydroxyl groups excluding tert-OH is 1. The molecule has 0 aliphatic heterocycles. The van der Waals surface area contributed by atoms with Crippen LogP contribution in [-0.4, -0.2) is 16.1 Å². The van der Waals surface area contributed by atoms with Crippen molar-refractivity contribution < 1.29 is 5.11 Å². The van der Waals surface area contributed by atoms with Crippen LogP contribution >= 0.6 is 11.5 Å². The highest BCUT2D eigenvalue weighted by atomic mass is 32.1. The lowest BCUT2D eigenvalue weighted by Gasteiger charge is -1.84. The van der Waals surface area contributed by atoms with Gasteiger partial charge in [-0.05, 0) is 23.5 Å². The number of hydrogen-bond donors (Lipinski definition) is 1. The quantitative estimate of drug-likeness (QED) is 0.637. The number of nitrogens with zero attached hydrogens (tertiary/aromatic N) is 1. The van der Waals surface area contributed by atoms with Crippen LogP contribution in [0.4, 0.5) is 0 Å². The molecule has 1 N–H and O–H groups in total. The summed E-state index contributed by atoms with van der Waals surface area (Å²) in [5.41, 5.74) is 1.12. The Labute approximate surface area is 52.0 Å². The maximum absolute atomic E-state index is 8.41. The van der Waals surface area contributed by atoms with Crippen LogP contribution in [0.25, 0.3) is 0 Å². The summed E-state index contributed by atoms with van der Waals surface area (Å²) in [6.45, 7) is 0.221. The lowest BCUT2D eigenvalue weighted by molar-refractivity contribution is 0.299. The van der Waals surface area contributed by atoms with Gasteiger partial charge < -0.3 is 5.11 Å². The number of hydrogen-bond acceptors (Lipinski definition) is 3. The molecule has 44 valence electrons. The van der Waals surface area contributed by atoms with Gasteiger partial charge in [0.15, 0.2) is 0 Å². The molecule has 1 rings (SSSR count). The molecule has 0 aliphatic rings. The average molecular weight is 129 g/mol. The molecule has 8 heavy (non-hydrogen) atoms. The average Bonchev–Trinajstić information content (AvgIpc) is 2.19. The second kappa shape index (κ2) is 2.79. The van der Waals surface area contributed by atoms with Gasteiger partial charge in [0.25, 0.3) is 0 Å². The van der Waals surface area contributed by atoms with Crippen molar-refractivity contribution in [1.82, 2.24) is 4.37 Å². The first-order valence-corrected chi connectivity index (χ1v) is 3.26. The molecule has 1 aromatic rings. The maximum Gasteiger partial charge on any atom is 0.0472 e. The highest BCUT2D eigenvalue weighted by Crippen LogP contribution is 2.00. The van der Waals surface area contributed by atoms with E-state index < -0.39 is 0 Å². The molecule has 0 saturated heterocycles. The van der Waals surface area contributed by atoms with Crippen molar-refractivity contribution in [3.8, 4) is 0 Å². The molecule has 0 radical (unpaired) electrons. The van der Waals surface area contributed by atoms with Crippen LogP contribution in [0.5, 0.6) is 0 Å². The molecule has 0 unspecified atom stereocenters. The minimum atomic E-state index is 0.221. The van der Waals surface area contributed by atoms with Crippen molar-refractivity contribution in [3.63, 3.8) is 0 Å². The van der Waals surface area contributed by atoms with E-state index in [9.17, 15) is 0 Å². The molecule has 0 aromatic carbocycles. The number of rotatable bonds is 2. The third-order valence-corrected chi connectivity index (χ3v) is 1.52. The lowest BCUT2D eigenvalue weighted by atomic mass is 10.3. The zero-order valence-corrected chi connectivity index (χ0v) is 5.19. The van der Waals surface area contributed by atoms with Gasteiger partial charge in [0.05, 0.1) is 0 Å². The molecule has 0 aliphatic carbocycles. The van der Waals surface area contributed by atoms with Crippen LogP contribution < -0.4 is 0 Å². The van der Waals surface area contributed by atoms with Gasteiger partial charge in [0, 0.05) is 18.2 Å². The van der Waals surface area contributed by atoms with Gasteiger partial charge in [-0.3, -0.25) is 0 Å². The highest BCUT2D eigenvalue weighted by Gasteiger charge is 1.88. The molecular weight excluding hydrogens is 122 g/mol. The minimum Gasteiger partial charge on any atom is -0.396 e.